The van der Waals surface area contributed by atoms with Crippen LogP contribution in [0.4, 0.5) is 0 Å². The highest BCUT2D eigenvalue weighted by Crippen LogP contribution is 2.45. The SMILES string of the molecule is COC(=O)[C@]1(CCC(C)=O)C(=O)C=CN([C@H](C)c2ccccc2)[C@@H]1Cc1ccc(OC)c(OCc2ccccc2)c1I. The molecule has 3 aromatic rings. The first-order chi connectivity index (χ1) is 20.2. The van der Waals surface area contributed by atoms with Gasteiger partial charge in [-0.1, -0.05) is 66.7 Å². The number of hydrogen-bond acceptors (Lipinski definition) is 7. The lowest BCUT2D eigenvalue weighted by Crippen LogP contribution is -2.59. The summed E-state index contributed by atoms with van der Waals surface area (Å²) in [4.78, 5) is 41.7. The molecular formula is C34H36INO6. The van der Waals surface area contributed by atoms with Crippen molar-refractivity contribution in [2.24, 2.45) is 5.41 Å². The molecule has 4 rings (SSSR count). The van der Waals surface area contributed by atoms with E-state index in [0.29, 0.717) is 24.5 Å². The first-order valence-electron chi connectivity index (χ1n) is 13.9. The van der Waals surface area contributed by atoms with Crippen LogP contribution >= 0.6 is 22.6 Å². The number of benzene rings is 3. The molecule has 0 aromatic heterocycles. The molecular weight excluding hydrogens is 645 g/mol. The molecule has 7 nitrogen and oxygen atoms in total. The Bertz CT molecular complexity index is 1440. The maximum Gasteiger partial charge on any atom is 0.321 e. The average molecular weight is 682 g/mol. The van der Waals surface area contributed by atoms with E-state index < -0.39 is 17.4 Å². The predicted octanol–water partition coefficient (Wildman–Crippen LogP) is 6.48. The maximum absolute atomic E-state index is 13.8. The number of esters is 1. The average Bonchev–Trinajstić information content (AvgIpc) is 3.01. The first-order valence-corrected chi connectivity index (χ1v) is 15.0. The summed E-state index contributed by atoms with van der Waals surface area (Å²) in [7, 11) is 2.89. The molecule has 0 bridgehead atoms. The topological polar surface area (TPSA) is 82.1 Å². The Kier molecular flexibility index (Phi) is 10.4. The van der Waals surface area contributed by atoms with Gasteiger partial charge in [-0.15, -0.1) is 0 Å². The molecule has 1 aliphatic rings. The van der Waals surface area contributed by atoms with Crippen molar-refractivity contribution >= 4 is 40.1 Å². The third kappa shape index (κ3) is 6.53. The molecule has 3 atom stereocenters. The van der Waals surface area contributed by atoms with Crippen LogP contribution in [0.25, 0.3) is 0 Å². The molecule has 0 unspecified atom stereocenters. The van der Waals surface area contributed by atoms with Crippen LogP contribution in [0.5, 0.6) is 11.5 Å². The largest absolute Gasteiger partial charge is 0.493 e. The quantitative estimate of drug-likeness (QED) is 0.123. The van der Waals surface area contributed by atoms with Gasteiger partial charge in [-0.25, -0.2) is 0 Å². The van der Waals surface area contributed by atoms with E-state index in [1.54, 1.807) is 13.3 Å². The van der Waals surface area contributed by atoms with Crippen LogP contribution in [0.15, 0.2) is 85.1 Å². The van der Waals surface area contributed by atoms with Gasteiger partial charge in [-0.2, -0.15) is 0 Å². The highest BCUT2D eigenvalue weighted by Gasteiger charge is 2.56. The number of carbonyl (C=O) groups excluding carboxylic acids is 3. The maximum atomic E-state index is 13.8. The lowest BCUT2D eigenvalue weighted by molar-refractivity contribution is -0.163. The number of halogens is 1. The number of rotatable bonds is 12. The van der Waals surface area contributed by atoms with Crippen LogP contribution in [0.1, 0.15) is 49.4 Å². The number of nitrogens with zero attached hydrogens (tertiary/aromatic N) is 1. The molecule has 0 spiro atoms. The molecule has 0 radical (unpaired) electrons. The Balaban J connectivity index is 1.81. The Morgan fingerprint density at radius 1 is 1.00 bits per heavy atom. The van der Waals surface area contributed by atoms with Gasteiger partial charge in [-0.3, -0.25) is 9.59 Å². The minimum absolute atomic E-state index is 0.0466. The van der Waals surface area contributed by atoms with Crippen molar-refractivity contribution in [3.8, 4) is 11.5 Å². The van der Waals surface area contributed by atoms with Gasteiger partial charge in [0, 0.05) is 12.6 Å². The van der Waals surface area contributed by atoms with Crippen molar-refractivity contribution in [1.82, 2.24) is 4.90 Å². The van der Waals surface area contributed by atoms with E-state index in [0.717, 1.165) is 20.3 Å². The summed E-state index contributed by atoms with van der Waals surface area (Å²) in [5.74, 6) is 0.0764. The van der Waals surface area contributed by atoms with Gasteiger partial charge in [0.25, 0.3) is 0 Å². The zero-order chi connectivity index (χ0) is 30.3. The summed E-state index contributed by atoms with van der Waals surface area (Å²) >= 11 is 2.24. The smallest absolute Gasteiger partial charge is 0.321 e. The zero-order valence-electron chi connectivity index (χ0n) is 24.3. The lowest BCUT2D eigenvalue weighted by Gasteiger charge is -2.48. The van der Waals surface area contributed by atoms with Crippen molar-refractivity contribution in [2.45, 2.75) is 51.8 Å². The summed E-state index contributed by atoms with van der Waals surface area (Å²) in [6.45, 7) is 3.86. The van der Waals surface area contributed by atoms with Crippen molar-refractivity contribution in [3.63, 3.8) is 0 Å². The molecule has 3 aromatic carbocycles. The minimum atomic E-state index is -1.58. The molecule has 1 aliphatic heterocycles. The van der Waals surface area contributed by atoms with Crippen LogP contribution in [-0.4, -0.2) is 42.7 Å². The molecule has 8 heteroatoms. The molecule has 1 heterocycles. The molecule has 0 aliphatic carbocycles. The number of allylic oxidation sites excluding steroid dienone is 1. The summed E-state index contributed by atoms with van der Waals surface area (Å²) in [6.07, 6.45) is 3.66. The molecule has 0 saturated carbocycles. The van der Waals surface area contributed by atoms with Crippen molar-refractivity contribution in [2.75, 3.05) is 14.2 Å². The van der Waals surface area contributed by atoms with Crippen LogP contribution in [0.3, 0.4) is 0 Å². The van der Waals surface area contributed by atoms with E-state index in [4.69, 9.17) is 14.2 Å². The number of methoxy groups -OCH3 is 2. The van der Waals surface area contributed by atoms with Crippen LogP contribution in [-0.2, 0) is 32.1 Å². The summed E-state index contributed by atoms with van der Waals surface area (Å²) in [5.41, 5.74) is 1.35. The first kappa shape index (κ1) is 31.3. The second kappa shape index (κ2) is 14.0. The Hall–Kier alpha value is -3.66. The molecule has 42 heavy (non-hydrogen) atoms. The number of hydrogen-bond donors (Lipinski definition) is 0. The van der Waals surface area contributed by atoms with Gasteiger partial charge < -0.3 is 23.9 Å². The number of ether oxygens (including phenoxy) is 3. The fourth-order valence-corrected chi connectivity index (χ4v) is 6.38. The van der Waals surface area contributed by atoms with E-state index in [9.17, 15) is 14.4 Å². The zero-order valence-corrected chi connectivity index (χ0v) is 26.5. The van der Waals surface area contributed by atoms with Crippen LogP contribution < -0.4 is 9.47 Å². The lowest BCUT2D eigenvalue weighted by atomic mass is 9.68. The molecule has 0 saturated heterocycles. The van der Waals surface area contributed by atoms with Crippen molar-refractivity contribution in [3.05, 3.63) is 105 Å². The second-order valence-electron chi connectivity index (χ2n) is 10.4. The molecule has 220 valence electrons. The number of ketones is 2. The fraction of sp³-hybridized carbons (Fsp3) is 0.324. The van der Waals surface area contributed by atoms with Gasteiger partial charge >= 0.3 is 5.97 Å². The summed E-state index contributed by atoms with van der Waals surface area (Å²) < 4.78 is 18.0. The van der Waals surface area contributed by atoms with E-state index in [-0.39, 0.29) is 30.4 Å². The molecule has 0 N–H and O–H groups in total. The van der Waals surface area contributed by atoms with Crippen molar-refractivity contribution in [1.29, 1.82) is 0 Å². The van der Waals surface area contributed by atoms with Gasteiger partial charge in [0.15, 0.2) is 22.7 Å². The van der Waals surface area contributed by atoms with E-state index in [1.807, 2.05) is 79.7 Å². The third-order valence-corrected chi connectivity index (χ3v) is 9.10. The van der Waals surface area contributed by atoms with Gasteiger partial charge in [-0.05, 0) is 78.1 Å². The van der Waals surface area contributed by atoms with Crippen molar-refractivity contribution < 1.29 is 28.6 Å². The van der Waals surface area contributed by atoms with E-state index >= 15 is 0 Å². The van der Waals surface area contributed by atoms with Crippen LogP contribution in [0.2, 0.25) is 0 Å². The highest BCUT2D eigenvalue weighted by molar-refractivity contribution is 14.1. The molecule has 0 fully saturated rings. The Labute approximate surface area is 261 Å². The number of carbonyl (C=O) groups is 3. The Morgan fingerprint density at radius 2 is 1.67 bits per heavy atom. The van der Waals surface area contributed by atoms with Gasteiger partial charge in [0.1, 0.15) is 12.4 Å². The standard InChI is InChI=1S/C34H36INO6/c1-23(37)17-19-34(33(39)41-4)29(36(20-18-30(34)38)24(2)26-13-9-6-10-14-26)21-27-15-16-28(40-3)32(31(27)35)42-22-25-11-7-5-8-12-25/h5-16,18,20,24,29H,17,19,21-22H2,1-4H3/t24-,29-,34+/m1/s1. The monoisotopic (exact) mass is 681 g/mol. The second-order valence-corrected chi connectivity index (χ2v) is 11.5. The molecule has 0 amide bonds. The van der Waals surface area contributed by atoms with Gasteiger partial charge in [0.2, 0.25) is 0 Å². The fourth-order valence-electron chi connectivity index (χ4n) is 5.56. The summed E-state index contributed by atoms with van der Waals surface area (Å²) in [5, 5.41) is 0. The third-order valence-electron chi connectivity index (χ3n) is 7.92. The van der Waals surface area contributed by atoms with Crippen LogP contribution in [0, 0.1) is 8.99 Å². The normalized spacial score (nSPS) is 18.8. The Morgan fingerprint density at radius 3 is 2.29 bits per heavy atom. The predicted molar refractivity (Wildman–Crippen MR) is 169 cm³/mol. The van der Waals surface area contributed by atoms with Gasteiger partial charge in [0.05, 0.1) is 29.9 Å². The highest BCUT2D eigenvalue weighted by atomic mass is 127. The van der Waals surface area contributed by atoms with E-state index in [2.05, 4.69) is 27.5 Å². The minimum Gasteiger partial charge on any atom is -0.493 e. The summed E-state index contributed by atoms with van der Waals surface area (Å²) in [6, 6.07) is 22.8. The number of Topliss-reactive ketones (excluding diaryl/α,β-unsaturated/α-hetero) is 1. The van der Waals surface area contributed by atoms with E-state index in [1.165, 1.54) is 20.1 Å².